The van der Waals surface area contributed by atoms with E-state index in [1.165, 1.54) is 57.9 Å². The fourth-order valence-corrected chi connectivity index (χ4v) is 8.75. The molecule has 3 aromatic rings. The number of fused-ring (bicyclic) bond motifs is 8. The van der Waals surface area contributed by atoms with Crippen LogP contribution in [0.15, 0.2) is 160 Å². The van der Waals surface area contributed by atoms with Gasteiger partial charge in [-0.2, -0.15) is 0 Å². The lowest BCUT2D eigenvalue weighted by Gasteiger charge is -2.43. The van der Waals surface area contributed by atoms with Crippen molar-refractivity contribution in [1.82, 2.24) is 4.57 Å². The van der Waals surface area contributed by atoms with Crippen LogP contribution in [0.3, 0.4) is 0 Å². The molecule has 43 heavy (non-hydrogen) atoms. The number of allylic oxidation sites excluding steroid dienone is 20. The maximum Gasteiger partial charge on any atom is 0.0537 e. The predicted molar refractivity (Wildman–Crippen MR) is 181 cm³/mol. The van der Waals surface area contributed by atoms with Gasteiger partial charge in [0.2, 0.25) is 0 Å². The zero-order valence-corrected chi connectivity index (χ0v) is 24.7. The molecule has 0 saturated heterocycles. The monoisotopic (exact) mass is 555 g/mol. The van der Waals surface area contributed by atoms with E-state index in [2.05, 4.69) is 126 Å². The van der Waals surface area contributed by atoms with Crippen LogP contribution in [0.1, 0.15) is 44.9 Å². The summed E-state index contributed by atoms with van der Waals surface area (Å²) in [5.41, 5.74) is 15.0. The standard InChI is InChI=1S/C42H37N/c1-2-11-35-33(9-1)34-10-3-4-12-36(34)40-27-31(23-26-37(35)40)30-19-17-28(18-20-30)29-21-24-32(25-22-29)43-41-15-7-5-13-38(41)39-14-6-8-16-42(39)43/h1,3-10,12-17,19,21,23-24,26,34,36,40H,2,11,18,20,22,25,27H2. The van der Waals surface area contributed by atoms with E-state index >= 15 is 0 Å². The minimum absolute atomic E-state index is 0.545. The van der Waals surface area contributed by atoms with Crippen molar-refractivity contribution in [3.63, 3.8) is 0 Å². The topological polar surface area (TPSA) is 4.93 Å². The van der Waals surface area contributed by atoms with Crippen LogP contribution in [-0.2, 0) is 0 Å². The molecule has 3 unspecified atom stereocenters. The van der Waals surface area contributed by atoms with Gasteiger partial charge >= 0.3 is 0 Å². The summed E-state index contributed by atoms with van der Waals surface area (Å²) in [7, 11) is 0. The minimum atomic E-state index is 0.545. The van der Waals surface area contributed by atoms with Crippen LogP contribution in [-0.4, -0.2) is 4.57 Å². The first-order valence-corrected chi connectivity index (χ1v) is 16.3. The van der Waals surface area contributed by atoms with Crippen molar-refractivity contribution in [1.29, 1.82) is 0 Å². The fourth-order valence-electron chi connectivity index (χ4n) is 8.75. The van der Waals surface area contributed by atoms with Crippen molar-refractivity contribution in [2.45, 2.75) is 44.9 Å². The van der Waals surface area contributed by atoms with Crippen LogP contribution >= 0.6 is 0 Å². The second-order valence-corrected chi connectivity index (χ2v) is 13.0. The molecule has 0 spiro atoms. The SMILES string of the molecule is C1=CC2C3=C(CCC=C3)C3=CC=C(C4=CC=C(C5=CC=C(n6c7ccccc7c7ccccc76)CC5)CC4)CC3C2C=C1. The van der Waals surface area contributed by atoms with Gasteiger partial charge in [0.15, 0.2) is 0 Å². The fraction of sp³-hybridized carbons (Fsp3) is 0.238. The van der Waals surface area contributed by atoms with E-state index in [0.29, 0.717) is 17.8 Å². The summed E-state index contributed by atoms with van der Waals surface area (Å²) in [6.07, 6.45) is 36.9. The van der Waals surface area contributed by atoms with Gasteiger partial charge in [-0.1, -0.05) is 103 Å². The summed E-state index contributed by atoms with van der Waals surface area (Å²) in [5.74, 6) is 1.73. The van der Waals surface area contributed by atoms with Crippen LogP contribution in [0.5, 0.6) is 0 Å². The van der Waals surface area contributed by atoms with Gasteiger partial charge in [-0.05, 0) is 114 Å². The molecule has 6 aliphatic rings. The molecule has 0 aliphatic heterocycles. The lowest BCUT2D eigenvalue weighted by Crippen LogP contribution is -2.33. The van der Waals surface area contributed by atoms with Crippen LogP contribution in [0, 0.1) is 17.8 Å². The molecule has 1 heterocycles. The highest BCUT2D eigenvalue weighted by Gasteiger charge is 2.40. The molecular weight excluding hydrogens is 518 g/mol. The number of para-hydroxylation sites is 2. The number of rotatable bonds is 3. The molecule has 0 radical (unpaired) electrons. The highest BCUT2D eigenvalue weighted by molar-refractivity contribution is 6.10. The Hall–Kier alpha value is -4.36. The summed E-state index contributed by atoms with van der Waals surface area (Å²) in [5, 5.41) is 2.68. The maximum absolute atomic E-state index is 2.49. The van der Waals surface area contributed by atoms with Gasteiger partial charge in [0.1, 0.15) is 0 Å². The van der Waals surface area contributed by atoms with Crippen molar-refractivity contribution in [3.05, 3.63) is 160 Å². The average Bonchev–Trinajstić information content (AvgIpc) is 3.43. The van der Waals surface area contributed by atoms with Crippen LogP contribution in [0.25, 0.3) is 27.5 Å². The Morgan fingerprint density at radius 3 is 1.98 bits per heavy atom. The molecule has 1 heteroatoms. The lowest BCUT2D eigenvalue weighted by molar-refractivity contribution is 0.365. The molecule has 6 aliphatic carbocycles. The molecule has 210 valence electrons. The van der Waals surface area contributed by atoms with E-state index in [1.54, 1.807) is 27.9 Å². The van der Waals surface area contributed by atoms with Gasteiger partial charge < -0.3 is 4.57 Å². The summed E-state index contributed by atoms with van der Waals surface area (Å²) in [4.78, 5) is 0. The zero-order chi connectivity index (χ0) is 28.3. The Balaban J connectivity index is 1.00. The van der Waals surface area contributed by atoms with E-state index in [0.717, 1.165) is 25.7 Å². The molecule has 0 fully saturated rings. The molecule has 1 aromatic heterocycles. The van der Waals surface area contributed by atoms with Crippen LogP contribution in [0.2, 0.25) is 0 Å². The minimum Gasteiger partial charge on any atom is -0.313 e. The third kappa shape index (κ3) is 4.05. The Morgan fingerprint density at radius 1 is 0.605 bits per heavy atom. The average molecular weight is 556 g/mol. The van der Waals surface area contributed by atoms with Crippen molar-refractivity contribution < 1.29 is 0 Å². The number of aromatic nitrogens is 1. The molecule has 0 saturated carbocycles. The number of benzene rings is 2. The summed E-state index contributed by atoms with van der Waals surface area (Å²) >= 11 is 0. The number of nitrogens with zero attached hydrogens (tertiary/aromatic N) is 1. The van der Waals surface area contributed by atoms with Crippen molar-refractivity contribution in [2.24, 2.45) is 17.8 Å². The Bertz CT molecular complexity index is 1950. The zero-order valence-electron chi connectivity index (χ0n) is 24.7. The Morgan fingerprint density at radius 2 is 1.26 bits per heavy atom. The molecule has 9 rings (SSSR count). The quantitative estimate of drug-likeness (QED) is 0.303. The van der Waals surface area contributed by atoms with E-state index < -0.39 is 0 Å². The molecular formula is C42H37N. The normalized spacial score (nSPS) is 26.2. The van der Waals surface area contributed by atoms with Gasteiger partial charge in [0.05, 0.1) is 11.0 Å². The molecule has 0 bridgehead atoms. The molecule has 1 nitrogen and oxygen atoms in total. The largest absolute Gasteiger partial charge is 0.313 e. The third-order valence-electron chi connectivity index (χ3n) is 10.8. The second kappa shape index (κ2) is 10.1. The molecule has 0 amide bonds. The lowest BCUT2D eigenvalue weighted by atomic mass is 9.60. The smallest absolute Gasteiger partial charge is 0.0537 e. The van der Waals surface area contributed by atoms with E-state index in [-0.39, 0.29) is 0 Å². The van der Waals surface area contributed by atoms with E-state index in [9.17, 15) is 0 Å². The first-order chi connectivity index (χ1) is 21.3. The molecule has 3 atom stereocenters. The van der Waals surface area contributed by atoms with Crippen molar-refractivity contribution in [3.8, 4) is 0 Å². The van der Waals surface area contributed by atoms with Crippen molar-refractivity contribution >= 4 is 27.5 Å². The first kappa shape index (κ1) is 25.2. The summed E-state index contributed by atoms with van der Waals surface area (Å²) in [6, 6.07) is 17.7. The summed E-state index contributed by atoms with van der Waals surface area (Å²) < 4.78 is 2.48. The molecule has 2 aromatic carbocycles. The highest BCUT2D eigenvalue weighted by atomic mass is 15.0. The number of hydrogen-bond donors (Lipinski definition) is 0. The predicted octanol–water partition coefficient (Wildman–Crippen LogP) is 10.9. The number of hydrogen-bond acceptors (Lipinski definition) is 0. The molecule has 0 N–H and O–H groups in total. The Labute approximate surface area is 254 Å². The van der Waals surface area contributed by atoms with Crippen LogP contribution < -0.4 is 0 Å². The Kier molecular flexibility index (Phi) is 5.93. The highest BCUT2D eigenvalue weighted by Crippen LogP contribution is 2.52. The van der Waals surface area contributed by atoms with Gasteiger partial charge in [0, 0.05) is 22.4 Å². The van der Waals surface area contributed by atoms with Crippen LogP contribution in [0.4, 0.5) is 0 Å². The van der Waals surface area contributed by atoms with E-state index in [4.69, 9.17) is 0 Å². The van der Waals surface area contributed by atoms with Gasteiger partial charge in [-0.15, -0.1) is 0 Å². The maximum atomic E-state index is 2.49. The van der Waals surface area contributed by atoms with Gasteiger partial charge in [-0.3, -0.25) is 0 Å². The first-order valence-electron chi connectivity index (χ1n) is 16.3. The van der Waals surface area contributed by atoms with Crippen molar-refractivity contribution in [2.75, 3.05) is 0 Å². The third-order valence-corrected chi connectivity index (χ3v) is 10.8. The summed E-state index contributed by atoms with van der Waals surface area (Å²) in [6.45, 7) is 0. The second-order valence-electron chi connectivity index (χ2n) is 13.0. The van der Waals surface area contributed by atoms with Gasteiger partial charge in [-0.25, -0.2) is 0 Å². The van der Waals surface area contributed by atoms with Gasteiger partial charge in [0.25, 0.3) is 0 Å². The van der Waals surface area contributed by atoms with E-state index in [1.807, 2.05) is 0 Å².